The van der Waals surface area contributed by atoms with Crippen LogP contribution in [0.5, 0.6) is 0 Å². The van der Waals surface area contributed by atoms with Crippen molar-refractivity contribution >= 4 is 28.4 Å². The molecule has 2 heterocycles. The molecule has 4 rings (SSSR count). The number of fused-ring (bicyclic) bond motifs is 1. The largest absolute Gasteiger partial charge is 0.361 e. The monoisotopic (exact) mass is 407 g/mol. The van der Waals surface area contributed by atoms with Crippen LogP contribution in [0.1, 0.15) is 28.4 Å². The molecule has 1 amide bonds. The van der Waals surface area contributed by atoms with E-state index in [1.54, 1.807) is 12.4 Å². The van der Waals surface area contributed by atoms with Crippen molar-refractivity contribution in [3.05, 3.63) is 76.7 Å². The van der Waals surface area contributed by atoms with E-state index in [1.807, 2.05) is 61.3 Å². The lowest BCUT2D eigenvalue weighted by atomic mass is 10.1. The molecule has 0 saturated carbocycles. The highest BCUT2D eigenvalue weighted by molar-refractivity contribution is 6.31. The number of aryl methyl sites for hydroxylation is 1. The molecule has 0 aliphatic rings. The van der Waals surface area contributed by atoms with E-state index in [9.17, 15) is 4.79 Å². The van der Waals surface area contributed by atoms with Gasteiger partial charge in [-0.1, -0.05) is 29.3 Å². The summed E-state index contributed by atoms with van der Waals surface area (Å²) in [4.78, 5) is 20.0. The number of benzene rings is 2. The predicted molar refractivity (Wildman–Crippen MR) is 115 cm³/mol. The van der Waals surface area contributed by atoms with E-state index < -0.39 is 0 Å². The Balaban J connectivity index is 1.58. The standard InChI is InChI=1S/C22H22ClN5O/c1-3-27(11-8-16-14-24-20-13-17(23)5-6-18(16)20)22(29)19-12-15(2)4-7-21(19)28-25-9-10-26-28/h4-7,9-10,12-14,24H,3,8,11H2,1-2H3. The number of likely N-dealkylation sites (N-methyl/N-ethyl adjacent to an activating group) is 1. The third-order valence-electron chi connectivity index (χ3n) is 5.07. The van der Waals surface area contributed by atoms with Crippen LogP contribution in [-0.4, -0.2) is 43.9 Å². The topological polar surface area (TPSA) is 66.8 Å². The molecular formula is C22H22ClN5O. The zero-order chi connectivity index (χ0) is 20.4. The minimum Gasteiger partial charge on any atom is -0.361 e. The Morgan fingerprint density at radius 2 is 1.97 bits per heavy atom. The second-order valence-electron chi connectivity index (χ2n) is 6.98. The van der Waals surface area contributed by atoms with Crippen LogP contribution in [0.3, 0.4) is 0 Å². The highest BCUT2D eigenvalue weighted by Gasteiger charge is 2.20. The number of carbonyl (C=O) groups is 1. The molecule has 0 fully saturated rings. The Morgan fingerprint density at radius 1 is 1.17 bits per heavy atom. The normalized spacial score (nSPS) is 11.1. The van der Waals surface area contributed by atoms with Gasteiger partial charge in [-0.25, -0.2) is 0 Å². The highest BCUT2D eigenvalue weighted by atomic mass is 35.5. The first kappa shape index (κ1) is 19.2. The van der Waals surface area contributed by atoms with Crippen LogP contribution >= 0.6 is 11.6 Å². The molecule has 6 nitrogen and oxygen atoms in total. The molecule has 148 valence electrons. The number of aromatic nitrogens is 4. The van der Waals surface area contributed by atoms with Crippen LogP contribution < -0.4 is 0 Å². The maximum atomic E-state index is 13.3. The van der Waals surface area contributed by atoms with E-state index in [2.05, 4.69) is 15.2 Å². The van der Waals surface area contributed by atoms with E-state index in [0.29, 0.717) is 29.4 Å². The quantitative estimate of drug-likeness (QED) is 0.514. The molecule has 4 aromatic rings. The van der Waals surface area contributed by atoms with E-state index in [-0.39, 0.29) is 5.91 Å². The first-order valence-electron chi connectivity index (χ1n) is 9.59. The fourth-order valence-corrected chi connectivity index (χ4v) is 3.70. The summed E-state index contributed by atoms with van der Waals surface area (Å²) < 4.78 is 0. The van der Waals surface area contributed by atoms with Gasteiger partial charge in [0.25, 0.3) is 5.91 Å². The Kier molecular flexibility index (Phi) is 5.36. The SMILES string of the molecule is CCN(CCc1c[nH]c2cc(Cl)ccc12)C(=O)c1cc(C)ccc1-n1nccn1. The summed E-state index contributed by atoms with van der Waals surface area (Å²) in [6.07, 6.45) is 5.96. The number of carbonyl (C=O) groups excluding carboxylic acids is 1. The van der Waals surface area contributed by atoms with E-state index in [4.69, 9.17) is 11.6 Å². The minimum absolute atomic E-state index is 0.0219. The zero-order valence-electron chi connectivity index (χ0n) is 16.4. The minimum atomic E-state index is -0.0219. The average Bonchev–Trinajstić information content (AvgIpc) is 3.38. The first-order chi connectivity index (χ1) is 14.1. The molecular weight excluding hydrogens is 386 g/mol. The van der Waals surface area contributed by atoms with Crippen LogP contribution in [0.25, 0.3) is 16.6 Å². The summed E-state index contributed by atoms with van der Waals surface area (Å²) in [5.74, 6) is -0.0219. The van der Waals surface area contributed by atoms with E-state index in [0.717, 1.165) is 22.9 Å². The second kappa shape index (κ2) is 8.09. The molecule has 0 aliphatic heterocycles. The summed E-state index contributed by atoms with van der Waals surface area (Å²) >= 11 is 6.07. The van der Waals surface area contributed by atoms with Gasteiger partial charge in [0.1, 0.15) is 0 Å². The lowest BCUT2D eigenvalue weighted by Gasteiger charge is -2.22. The Morgan fingerprint density at radius 3 is 2.72 bits per heavy atom. The molecule has 0 aliphatic carbocycles. The maximum Gasteiger partial charge on any atom is 0.256 e. The van der Waals surface area contributed by atoms with Gasteiger partial charge in [-0.3, -0.25) is 4.79 Å². The summed E-state index contributed by atoms with van der Waals surface area (Å²) in [6, 6.07) is 11.6. The number of nitrogens with one attached hydrogen (secondary N) is 1. The lowest BCUT2D eigenvalue weighted by molar-refractivity contribution is 0.0766. The molecule has 1 N–H and O–H groups in total. The molecule has 2 aromatic carbocycles. The van der Waals surface area contributed by atoms with Gasteiger partial charge >= 0.3 is 0 Å². The maximum absolute atomic E-state index is 13.3. The van der Waals surface area contributed by atoms with Crippen molar-refractivity contribution in [1.82, 2.24) is 24.9 Å². The number of halogens is 1. The number of nitrogens with zero attached hydrogens (tertiary/aromatic N) is 4. The molecule has 7 heteroatoms. The van der Waals surface area contributed by atoms with Crippen molar-refractivity contribution in [3.63, 3.8) is 0 Å². The van der Waals surface area contributed by atoms with Crippen molar-refractivity contribution in [1.29, 1.82) is 0 Å². The van der Waals surface area contributed by atoms with Crippen LogP contribution in [0.4, 0.5) is 0 Å². The van der Waals surface area contributed by atoms with Gasteiger partial charge in [-0.2, -0.15) is 15.0 Å². The van der Waals surface area contributed by atoms with Gasteiger partial charge in [0, 0.05) is 35.2 Å². The van der Waals surface area contributed by atoms with Crippen LogP contribution in [-0.2, 0) is 6.42 Å². The van der Waals surface area contributed by atoms with Crippen molar-refractivity contribution in [2.45, 2.75) is 20.3 Å². The third-order valence-corrected chi connectivity index (χ3v) is 5.30. The van der Waals surface area contributed by atoms with Gasteiger partial charge < -0.3 is 9.88 Å². The lowest BCUT2D eigenvalue weighted by Crippen LogP contribution is -2.33. The average molecular weight is 408 g/mol. The van der Waals surface area contributed by atoms with Gasteiger partial charge in [0.15, 0.2) is 0 Å². The second-order valence-corrected chi connectivity index (χ2v) is 7.41. The van der Waals surface area contributed by atoms with Gasteiger partial charge in [0.2, 0.25) is 0 Å². The van der Waals surface area contributed by atoms with Crippen LogP contribution in [0.15, 0.2) is 55.0 Å². The highest BCUT2D eigenvalue weighted by Crippen LogP contribution is 2.23. The van der Waals surface area contributed by atoms with Crippen molar-refractivity contribution in [2.75, 3.05) is 13.1 Å². The van der Waals surface area contributed by atoms with Gasteiger partial charge in [-0.15, -0.1) is 0 Å². The number of hydrogen-bond donors (Lipinski definition) is 1. The molecule has 0 bridgehead atoms. The van der Waals surface area contributed by atoms with Crippen LogP contribution in [0.2, 0.25) is 5.02 Å². The number of rotatable bonds is 6. The van der Waals surface area contributed by atoms with E-state index in [1.165, 1.54) is 10.4 Å². The van der Waals surface area contributed by atoms with Crippen molar-refractivity contribution < 1.29 is 4.79 Å². The Labute approximate surface area is 174 Å². The summed E-state index contributed by atoms with van der Waals surface area (Å²) in [6.45, 7) is 5.21. The molecule has 0 radical (unpaired) electrons. The number of aromatic amines is 1. The summed E-state index contributed by atoms with van der Waals surface area (Å²) in [7, 11) is 0. The summed E-state index contributed by atoms with van der Waals surface area (Å²) in [5.41, 5.74) is 4.49. The molecule has 0 unspecified atom stereocenters. The predicted octanol–water partition coefficient (Wildman–Crippen LogP) is 4.42. The molecule has 0 spiro atoms. The van der Waals surface area contributed by atoms with Crippen LogP contribution in [0, 0.1) is 6.92 Å². The third kappa shape index (κ3) is 3.89. The van der Waals surface area contributed by atoms with Gasteiger partial charge in [0.05, 0.1) is 23.6 Å². The van der Waals surface area contributed by atoms with E-state index >= 15 is 0 Å². The number of amides is 1. The smallest absolute Gasteiger partial charge is 0.256 e. The molecule has 29 heavy (non-hydrogen) atoms. The molecule has 2 aromatic heterocycles. The number of hydrogen-bond acceptors (Lipinski definition) is 3. The Bertz CT molecular complexity index is 1150. The molecule has 0 atom stereocenters. The fraction of sp³-hybridized carbons (Fsp3) is 0.227. The summed E-state index contributed by atoms with van der Waals surface area (Å²) in [5, 5.41) is 10.2. The molecule has 0 saturated heterocycles. The zero-order valence-corrected chi connectivity index (χ0v) is 17.1. The van der Waals surface area contributed by atoms with Gasteiger partial charge in [-0.05, 0) is 50.1 Å². The first-order valence-corrected chi connectivity index (χ1v) is 9.96. The van der Waals surface area contributed by atoms with Crippen molar-refractivity contribution in [2.24, 2.45) is 0 Å². The Hall–Kier alpha value is -3.12. The number of H-pyrrole nitrogens is 1. The van der Waals surface area contributed by atoms with Crippen molar-refractivity contribution in [3.8, 4) is 5.69 Å². The fourth-order valence-electron chi connectivity index (χ4n) is 3.53.